The van der Waals surface area contributed by atoms with E-state index in [1.165, 1.54) is 5.56 Å². The summed E-state index contributed by atoms with van der Waals surface area (Å²) in [5.41, 5.74) is 4.84. The van der Waals surface area contributed by atoms with Crippen molar-refractivity contribution < 1.29 is 14.6 Å². The van der Waals surface area contributed by atoms with Crippen molar-refractivity contribution in [1.82, 2.24) is 9.55 Å². The Morgan fingerprint density at radius 3 is 2.61 bits per heavy atom. The van der Waals surface area contributed by atoms with E-state index in [-0.39, 0.29) is 6.42 Å². The molecule has 0 saturated heterocycles. The molecule has 1 N–H and O–H groups in total. The summed E-state index contributed by atoms with van der Waals surface area (Å²) in [6.07, 6.45) is 2.81. The lowest BCUT2D eigenvalue weighted by atomic mass is 10.1. The van der Waals surface area contributed by atoms with E-state index in [0.717, 1.165) is 46.0 Å². The molecule has 2 heterocycles. The Morgan fingerprint density at radius 1 is 0.939 bits per heavy atom. The highest BCUT2D eigenvalue weighted by Crippen LogP contribution is 2.28. The monoisotopic (exact) mass is 436 g/mol. The first-order valence-electron chi connectivity index (χ1n) is 11.0. The van der Waals surface area contributed by atoms with Crippen LogP contribution in [-0.4, -0.2) is 20.6 Å². The largest absolute Gasteiger partial charge is 0.487 e. The fraction of sp³-hybridized carbons (Fsp3) is 0.143. The molecule has 2 aromatic heterocycles. The first kappa shape index (κ1) is 20.8. The molecule has 33 heavy (non-hydrogen) atoms. The van der Waals surface area contributed by atoms with Gasteiger partial charge in [0.05, 0.1) is 17.6 Å². The molecule has 0 unspecified atom stereocenters. The quantitative estimate of drug-likeness (QED) is 0.342. The first-order valence-corrected chi connectivity index (χ1v) is 11.0. The van der Waals surface area contributed by atoms with E-state index >= 15 is 0 Å². The molecule has 0 aliphatic rings. The summed E-state index contributed by atoms with van der Waals surface area (Å²) in [4.78, 5) is 16.1. The summed E-state index contributed by atoms with van der Waals surface area (Å²) in [7, 11) is 0. The predicted molar refractivity (Wildman–Crippen MR) is 129 cm³/mol. The Labute approximate surface area is 191 Å². The zero-order chi connectivity index (χ0) is 22.6. The van der Waals surface area contributed by atoms with Gasteiger partial charge in [0.2, 0.25) is 0 Å². The normalized spacial score (nSPS) is 11.2. The van der Waals surface area contributed by atoms with Gasteiger partial charge in [-0.25, -0.2) is 4.98 Å². The highest BCUT2D eigenvalue weighted by molar-refractivity contribution is 5.88. The molecular formula is C28H24N2O3. The number of aliphatic carboxylic acids is 1. The van der Waals surface area contributed by atoms with Gasteiger partial charge in [-0.3, -0.25) is 4.79 Å². The molecule has 5 aromatic rings. The van der Waals surface area contributed by atoms with Gasteiger partial charge in [0.25, 0.3) is 0 Å². The Balaban J connectivity index is 1.38. The Hall–Kier alpha value is -4.12. The van der Waals surface area contributed by atoms with Crippen LogP contribution in [-0.2, 0) is 30.8 Å². The molecule has 0 aliphatic carbocycles. The SMILES string of the molecule is O=C(O)Cc1cn(CCc2ccccc2)c2ccc(OCc3ccc4ccccc4n3)cc12. The number of aromatic nitrogens is 2. The van der Waals surface area contributed by atoms with E-state index in [1.807, 2.05) is 79.0 Å². The minimum atomic E-state index is -0.844. The summed E-state index contributed by atoms with van der Waals surface area (Å²) < 4.78 is 8.16. The number of benzene rings is 3. The third kappa shape index (κ3) is 4.72. The van der Waals surface area contributed by atoms with Gasteiger partial charge in [0.15, 0.2) is 0 Å². The second kappa shape index (κ2) is 9.17. The van der Waals surface area contributed by atoms with Gasteiger partial charge in [0.1, 0.15) is 12.4 Å². The molecule has 0 spiro atoms. The summed E-state index contributed by atoms with van der Waals surface area (Å²) in [6, 6.07) is 28.2. The maximum absolute atomic E-state index is 11.5. The third-order valence-electron chi connectivity index (χ3n) is 5.80. The van der Waals surface area contributed by atoms with Crippen LogP contribution in [0.4, 0.5) is 0 Å². The summed E-state index contributed by atoms with van der Waals surface area (Å²) in [5, 5.41) is 11.4. The fourth-order valence-corrected chi connectivity index (χ4v) is 4.17. The van der Waals surface area contributed by atoms with Crippen molar-refractivity contribution in [2.24, 2.45) is 0 Å². The number of carboxylic acids is 1. The number of carboxylic acid groups (broad SMARTS) is 1. The molecule has 0 bridgehead atoms. The molecule has 164 valence electrons. The van der Waals surface area contributed by atoms with Crippen LogP contribution in [0.2, 0.25) is 0 Å². The first-order chi connectivity index (χ1) is 16.2. The minimum absolute atomic E-state index is 0.0233. The Kier molecular flexibility index (Phi) is 5.77. The number of ether oxygens (including phenoxy) is 1. The van der Waals surface area contributed by atoms with Crippen molar-refractivity contribution in [2.75, 3.05) is 0 Å². The summed E-state index contributed by atoms with van der Waals surface area (Å²) in [6.45, 7) is 1.13. The summed E-state index contributed by atoms with van der Waals surface area (Å²) >= 11 is 0. The number of hydrogen-bond donors (Lipinski definition) is 1. The van der Waals surface area contributed by atoms with Crippen molar-refractivity contribution >= 4 is 27.8 Å². The summed E-state index contributed by atoms with van der Waals surface area (Å²) in [5.74, 6) is -0.145. The van der Waals surface area contributed by atoms with E-state index in [2.05, 4.69) is 21.7 Å². The van der Waals surface area contributed by atoms with E-state index < -0.39 is 5.97 Å². The number of fused-ring (bicyclic) bond motifs is 2. The van der Waals surface area contributed by atoms with Crippen molar-refractivity contribution in [3.63, 3.8) is 0 Å². The second-order valence-electron chi connectivity index (χ2n) is 8.12. The molecule has 5 nitrogen and oxygen atoms in total. The number of carbonyl (C=O) groups is 1. The molecule has 0 aliphatic heterocycles. The number of para-hydroxylation sites is 1. The topological polar surface area (TPSA) is 64.3 Å². The number of rotatable bonds is 8. The molecule has 0 amide bonds. The second-order valence-corrected chi connectivity index (χ2v) is 8.12. The van der Waals surface area contributed by atoms with E-state index in [1.54, 1.807) is 0 Å². The van der Waals surface area contributed by atoms with Crippen LogP contribution in [0.3, 0.4) is 0 Å². The van der Waals surface area contributed by atoms with Gasteiger partial charge in [-0.1, -0.05) is 54.6 Å². The van der Waals surface area contributed by atoms with Gasteiger partial charge >= 0.3 is 5.97 Å². The van der Waals surface area contributed by atoms with Crippen LogP contribution in [0.1, 0.15) is 16.8 Å². The number of nitrogens with zero attached hydrogens (tertiary/aromatic N) is 2. The van der Waals surface area contributed by atoms with Crippen LogP contribution in [0.5, 0.6) is 5.75 Å². The van der Waals surface area contributed by atoms with E-state index in [4.69, 9.17) is 4.74 Å². The molecule has 3 aromatic carbocycles. The minimum Gasteiger partial charge on any atom is -0.487 e. The standard InChI is InChI=1S/C28H24N2O3/c31-28(32)16-22-18-30(15-14-20-6-2-1-3-7-20)27-13-12-24(17-25(22)27)33-19-23-11-10-21-8-4-5-9-26(21)29-23/h1-13,17-18H,14-16,19H2,(H,31,32). The lowest BCUT2D eigenvalue weighted by Crippen LogP contribution is -2.01. The van der Waals surface area contributed by atoms with Gasteiger partial charge in [0, 0.05) is 29.0 Å². The predicted octanol–water partition coefficient (Wildman–Crippen LogP) is 5.64. The van der Waals surface area contributed by atoms with Crippen molar-refractivity contribution in [3.8, 4) is 5.75 Å². The average Bonchev–Trinajstić information content (AvgIpc) is 3.18. The van der Waals surface area contributed by atoms with Crippen LogP contribution in [0, 0.1) is 0 Å². The van der Waals surface area contributed by atoms with Crippen molar-refractivity contribution in [1.29, 1.82) is 0 Å². The van der Waals surface area contributed by atoms with E-state index in [0.29, 0.717) is 12.4 Å². The Bertz CT molecular complexity index is 1420. The maximum atomic E-state index is 11.5. The molecule has 0 fully saturated rings. The molecule has 0 atom stereocenters. The van der Waals surface area contributed by atoms with Crippen LogP contribution >= 0.6 is 0 Å². The maximum Gasteiger partial charge on any atom is 0.307 e. The molecular weight excluding hydrogens is 412 g/mol. The third-order valence-corrected chi connectivity index (χ3v) is 5.80. The highest BCUT2D eigenvalue weighted by atomic mass is 16.5. The van der Waals surface area contributed by atoms with Crippen LogP contribution in [0.15, 0.2) is 91.1 Å². The van der Waals surface area contributed by atoms with E-state index in [9.17, 15) is 9.90 Å². The molecule has 0 saturated carbocycles. The zero-order valence-corrected chi connectivity index (χ0v) is 18.1. The number of pyridine rings is 1. The number of aryl methyl sites for hydroxylation is 2. The van der Waals surface area contributed by atoms with Crippen molar-refractivity contribution in [2.45, 2.75) is 26.0 Å². The highest BCUT2D eigenvalue weighted by Gasteiger charge is 2.13. The molecule has 5 heteroatoms. The van der Waals surface area contributed by atoms with Crippen molar-refractivity contribution in [3.05, 3.63) is 108 Å². The van der Waals surface area contributed by atoms with Gasteiger partial charge in [-0.15, -0.1) is 0 Å². The van der Waals surface area contributed by atoms with Gasteiger partial charge in [-0.05, 0) is 47.9 Å². The average molecular weight is 437 g/mol. The van der Waals surface area contributed by atoms with Crippen LogP contribution in [0.25, 0.3) is 21.8 Å². The Morgan fingerprint density at radius 2 is 1.76 bits per heavy atom. The van der Waals surface area contributed by atoms with Gasteiger partial charge < -0.3 is 14.4 Å². The number of hydrogen-bond acceptors (Lipinski definition) is 3. The molecule has 0 radical (unpaired) electrons. The lowest BCUT2D eigenvalue weighted by Gasteiger charge is -2.09. The lowest BCUT2D eigenvalue weighted by molar-refractivity contribution is -0.136. The fourth-order valence-electron chi connectivity index (χ4n) is 4.17. The smallest absolute Gasteiger partial charge is 0.307 e. The zero-order valence-electron chi connectivity index (χ0n) is 18.1. The molecule has 5 rings (SSSR count). The van der Waals surface area contributed by atoms with Gasteiger partial charge in [-0.2, -0.15) is 0 Å². The van der Waals surface area contributed by atoms with Crippen LogP contribution < -0.4 is 4.74 Å².